The van der Waals surface area contributed by atoms with Crippen molar-refractivity contribution < 1.29 is 9.53 Å². The van der Waals surface area contributed by atoms with Crippen LogP contribution in [0.1, 0.15) is 16.7 Å². The second-order valence-corrected chi connectivity index (χ2v) is 6.19. The van der Waals surface area contributed by atoms with E-state index >= 15 is 0 Å². The largest absolute Gasteiger partial charge is 0.497 e. The smallest absolute Gasteiger partial charge is 0.251 e. The summed E-state index contributed by atoms with van der Waals surface area (Å²) < 4.78 is 5.20. The summed E-state index contributed by atoms with van der Waals surface area (Å²) in [6.45, 7) is 0.593. The first kappa shape index (κ1) is 18.5. The molecule has 3 nitrogen and oxygen atoms in total. The van der Waals surface area contributed by atoms with Gasteiger partial charge >= 0.3 is 0 Å². The summed E-state index contributed by atoms with van der Waals surface area (Å²) >= 11 is 0. The zero-order valence-electron chi connectivity index (χ0n) is 15.4. The number of rotatable bonds is 7. The molecule has 0 atom stereocenters. The Kier molecular flexibility index (Phi) is 6.42. The number of hydrogen-bond acceptors (Lipinski definition) is 2. The molecular weight excluding hydrogens is 334 g/mol. The topological polar surface area (TPSA) is 38.3 Å². The number of methoxy groups -OCH3 is 1. The number of carbonyl (C=O) groups is 1. The lowest BCUT2D eigenvalue weighted by atomic mass is 10.0. The van der Waals surface area contributed by atoms with E-state index in [4.69, 9.17) is 4.74 Å². The Morgan fingerprint density at radius 1 is 0.889 bits per heavy atom. The molecule has 0 radical (unpaired) electrons. The molecule has 27 heavy (non-hydrogen) atoms. The average Bonchev–Trinajstić information content (AvgIpc) is 2.74. The third kappa shape index (κ3) is 5.32. The van der Waals surface area contributed by atoms with E-state index in [1.54, 1.807) is 7.11 Å². The van der Waals surface area contributed by atoms with Crippen LogP contribution < -0.4 is 10.1 Å². The highest BCUT2D eigenvalue weighted by Crippen LogP contribution is 2.20. The van der Waals surface area contributed by atoms with Crippen LogP contribution in [0.3, 0.4) is 0 Å². The highest BCUT2D eigenvalue weighted by molar-refractivity contribution is 6.24. The van der Waals surface area contributed by atoms with E-state index in [1.165, 1.54) is 5.56 Å². The third-order valence-electron chi connectivity index (χ3n) is 4.30. The van der Waals surface area contributed by atoms with Gasteiger partial charge in [-0.15, -0.1) is 0 Å². The molecule has 0 fully saturated rings. The van der Waals surface area contributed by atoms with Crippen molar-refractivity contribution in [3.05, 3.63) is 102 Å². The van der Waals surface area contributed by atoms with Crippen LogP contribution in [0.4, 0.5) is 0 Å². The Bertz CT molecular complexity index is 885. The van der Waals surface area contributed by atoms with Gasteiger partial charge in [-0.2, -0.15) is 0 Å². The van der Waals surface area contributed by atoms with E-state index in [0.717, 1.165) is 23.3 Å². The third-order valence-corrected chi connectivity index (χ3v) is 4.30. The highest BCUT2D eigenvalue weighted by atomic mass is 16.5. The molecule has 1 amide bonds. The zero-order chi connectivity index (χ0) is 18.9. The van der Waals surface area contributed by atoms with Crippen LogP contribution in [0.5, 0.6) is 5.75 Å². The fourth-order valence-corrected chi connectivity index (χ4v) is 2.82. The molecule has 136 valence electrons. The Morgan fingerprint density at radius 2 is 1.52 bits per heavy atom. The molecule has 1 N–H and O–H groups in total. The molecule has 3 rings (SSSR count). The summed E-state index contributed by atoms with van der Waals surface area (Å²) in [5, 5.41) is 3.04. The number of carbonyl (C=O) groups excluding carboxylic acids is 1. The quantitative estimate of drug-likeness (QED) is 0.496. The number of amides is 1. The molecule has 0 heterocycles. The standard InChI is InChI=1S/C24H23NO2/c1-27-22-14-12-20(13-15-22)18-23(21-10-6-3-7-11-21)24(26)25-17-16-19-8-4-2-5-9-19/h2-15,18H,16-17H2,1H3,(H,25,26)/b23-18+. The minimum absolute atomic E-state index is 0.0760. The van der Waals surface area contributed by atoms with Crippen molar-refractivity contribution in [2.24, 2.45) is 0 Å². The molecule has 3 aromatic carbocycles. The molecule has 0 saturated heterocycles. The van der Waals surface area contributed by atoms with Gasteiger partial charge in [-0.3, -0.25) is 4.79 Å². The minimum Gasteiger partial charge on any atom is -0.497 e. The summed E-state index contributed by atoms with van der Waals surface area (Å²) in [7, 11) is 1.64. The van der Waals surface area contributed by atoms with Crippen molar-refractivity contribution in [1.82, 2.24) is 5.32 Å². The van der Waals surface area contributed by atoms with Crippen LogP contribution in [-0.2, 0) is 11.2 Å². The van der Waals surface area contributed by atoms with Crippen LogP contribution in [-0.4, -0.2) is 19.6 Å². The van der Waals surface area contributed by atoms with E-state index in [-0.39, 0.29) is 5.91 Å². The van der Waals surface area contributed by atoms with E-state index in [9.17, 15) is 4.79 Å². The van der Waals surface area contributed by atoms with Crippen molar-refractivity contribution in [3.63, 3.8) is 0 Å². The molecule has 0 spiro atoms. The van der Waals surface area contributed by atoms with E-state index in [0.29, 0.717) is 12.1 Å². The molecule has 0 aliphatic rings. The Hall–Kier alpha value is -3.33. The van der Waals surface area contributed by atoms with Crippen molar-refractivity contribution in [3.8, 4) is 5.75 Å². The summed E-state index contributed by atoms with van der Waals surface area (Å²) in [6, 6.07) is 27.5. The van der Waals surface area contributed by atoms with Crippen LogP contribution in [0.2, 0.25) is 0 Å². The van der Waals surface area contributed by atoms with Gasteiger partial charge < -0.3 is 10.1 Å². The SMILES string of the molecule is COc1ccc(/C=C(/C(=O)NCCc2ccccc2)c2ccccc2)cc1. The lowest BCUT2D eigenvalue weighted by Gasteiger charge is -2.10. The number of hydrogen-bond donors (Lipinski definition) is 1. The molecule has 0 aliphatic heterocycles. The summed E-state index contributed by atoms with van der Waals surface area (Å²) in [5.74, 6) is 0.716. The normalized spacial score (nSPS) is 11.1. The lowest BCUT2D eigenvalue weighted by Crippen LogP contribution is -2.26. The Labute approximate surface area is 160 Å². The maximum absolute atomic E-state index is 12.9. The van der Waals surface area contributed by atoms with Gasteiger partial charge in [-0.25, -0.2) is 0 Å². The lowest BCUT2D eigenvalue weighted by molar-refractivity contribution is -0.115. The van der Waals surface area contributed by atoms with Crippen molar-refractivity contribution >= 4 is 17.6 Å². The molecule has 0 saturated carbocycles. The fraction of sp³-hybridized carbons (Fsp3) is 0.125. The number of benzene rings is 3. The zero-order valence-corrected chi connectivity index (χ0v) is 15.4. The summed E-state index contributed by atoms with van der Waals surface area (Å²) in [4.78, 5) is 12.9. The van der Waals surface area contributed by atoms with Crippen molar-refractivity contribution in [2.45, 2.75) is 6.42 Å². The monoisotopic (exact) mass is 357 g/mol. The molecule has 0 aromatic heterocycles. The summed E-state index contributed by atoms with van der Waals surface area (Å²) in [5.41, 5.74) is 3.70. The van der Waals surface area contributed by atoms with Crippen molar-refractivity contribution in [2.75, 3.05) is 13.7 Å². The first-order valence-electron chi connectivity index (χ1n) is 8.99. The van der Waals surface area contributed by atoms with Gasteiger partial charge in [0.25, 0.3) is 5.91 Å². The van der Waals surface area contributed by atoms with Gasteiger partial charge in [0.2, 0.25) is 0 Å². The van der Waals surface area contributed by atoms with Crippen LogP contribution in [0.25, 0.3) is 11.6 Å². The van der Waals surface area contributed by atoms with Gasteiger partial charge in [-0.1, -0.05) is 72.8 Å². The van der Waals surface area contributed by atoms with Gasteiger partial charge in [0, 0.05) is 12.1 Å². The molecule has 3 aromatic rings. The minimum atomic E-state index is -0.0760. The van der Waals surface area contributed by atoms with Crippen LogP contribution in [0.15, 0.2) is 84.9 Å². The van der Waals surface area contributed by atoms with E-state index in [2.05, 4.69) is 17.4 Å². The number of ether oxygens (including phenoxy) is 1. The van der Waals surface area contributed by atoms with E-state index < -0.39 is 0 Å². The Morgan fingerprint density at radius 3 is 2.15 bits per heavy atom. The molecule has 3 heteroatoms. The molecule has 0 bridgehead atoms. The predicted octanol–water partition coefficient (Wildman–Crippen LogP) is 4.59. The predicted molar refractivity (Wildman–Crippen MR) is 110 cm³/mol. The van der Waals surface area contributed by atoms with E-state index in [1.807, 2.05) is 78.9 Å². The fourth-order valence-electron chi connectivity index (χ4n) is 2.82. The van der Waals surface area contributed by atoms with Gasteiger partial charge in [0.15, 0.2) is 0 Å². The molecule has 0 aliphatic carbocycles. The second-order valence-electron chi connectivity index (χ2n) is 6.19. The number of nitrogens with one attached hydrogen (secondary N) is 1. The van der Waals surface area contributed by atoms with Crippen LogP contribution in [0, 0.1) is 0 Å². The average molecular weight is 357 g/mol. The van der Waals surface area contributed by atoms with Crippen molar-refractivity contribution in [1.29, 1.82) is 0 Å². The maximum atomic E-state index is 12.9. The first-order chi connectivity index (χ1) is 13.3. The van der Waals surface area contributed by atoms with Gasteiger partial charge in [0.05, 0.1) is 7.11 Å². The van der Waals surface area contributed by atoms with Gasteiger partial charge in [-0.05, 0) is 41.3 Å². The Balaban J connectivity index is 1.77. The molecule has 0 unspecified atom stereocenters. The first-order valence-corrected chi connectivity index (χ1v) is 8.99. The van der Waals surface area contributed by atoms with Crippen LogP contribution >= 0.6 is 0 Å². The summed E-state index contributed by atoms with van der Waals surface area (Å²) in [6.07, 6.45) is 2.71. The highest BCUT2D eigenvalue weighted by Gasteiger charge is 2.11. The maximum Gasteiger partial charge on any atom is 0.251 e. The molecular formula is C24H23NO2. The van der Waals surface area contributed by atoms with Gasteiger partial charge in [0.1, 0.15) is 5.75 Å². The second kappa shape index (κ2) is 9.39.